The number of piperazine rings is 1. The third kappa shape index (κ3) is 8.52. The van der Waals surface area contributed by atoms with Gasteiger partial charge in [-0.15, -0.1) is 0 Å². The Balaban J connectivity index is 1.92. The molecule has 1 saturated heterocycles. The van der Waals surface area contributed by atoms with Gasteiger partial charge in [0.15, 0.2) is 0 Å². The van der Waals surface area contributed by atoms with Gasteiger partial charge in [0, 0.05) is 39.3 Å². The number of nitrogens with zero attached hydrogens (tertiary/aromatic N) is 1. The normalized spacial score (nSPS) is 17.2. The van der Waals surface area contributed by atoms with Crippen molar-refractivity contribution in [3.63, 3.8) is 0 Å². The zero-order chi connectivity index (χ0) is 15.5. The first kappa shape index (κ1) is 17.7. The van der Waals surface area contributed by atoms with E-state index in [1.54, 1.807) is 6.92 Å². The second-order valence-electron chi connectivity index (χ2n) is 5.51. The maximum atomic E-state index is 11.5. The second-order valence-corrected chi connectivity index (χ2v) is 5.51. The predicted octanol–water partition coefficient (Wildman–Crippen LogP) is 0.0818. The standard InChI is InChI=1S/C14H28N4O3/c1-12(13(19)20)4-2-5-16-14(21)17-6-3-9-18-10-7-15-8-11-18/h12,15H,2-11H2,1H3,(H,19,20)(H2,16,17,21). The van der Waals surface area contributed by atoms with E-state index in [0.29, 0.717) is 25.9 Å². The molecule has 1 atom stereocenters. The summed E-state index contributed by atoms with van der Waals surface area (Å²) < 4.78 is 0. The van der Waals surface area contributed by atoms with Crippen molar-refractivity contribution in [1.29, 1.82) is 0 Å². The lowest BCUT2D eigenvalue weighted by molar-refractivity contribution is -0.141. The Kier molecular flexibility index (Phi) is 8.77. The molecule has 0 radical (unpaired) electrons. The van der Waals surface area contributed by atoms with Gasteiger partial charge in [0.25, 0.3) is 0 Å². The molecule has 7 heteroatoms. The fourth-order valence-electron chi connectivity index (χ4n) is 2.24. The molecule has 21 heavy (non-hydrogen) atoms. The number of hydrogen-bond acceptors (Lipinski definition) is 4. The van der Waals surface area contributed by atoms with E-state index >= 15 is 0 Å². The van der Waals surface area contributed by atoms with E-state index in [2.05, 4.69) is 20.9 Å². The summed E-state index contributed by atoms with van der Waals surface area (Å²) >= 11 is 0. The number of amides is 2. The summed E-state index contributed by atoms with van der Waals surface area (Å²) in [6.45, 7) is 8.12. The van der Waals surface area contributed by atoms with E-state index in [-0.39, 0.29) is 11.9 Å². The van der Waals surface area contributed by atoms with Crippen LogP contribution in [0.15, 0.2) is 0 Å². The van der Waals surface area contributed by atoms with Crippen LogP contribution >= 0.6 is 0 Å². The minimum absolute atomic E-state index is 0.168. The summed E-state index contributed by atoms with van der Waals surface area (Å²) in [6.07, 6.45) is 2.21. The summed E-state index contributed by atoms with van der Waals surface area (Å²) in [5, 5.41) is 17.6. The molecule has 2 amide bonds. The monoisotopic (exact) mass is 300 g/mol. The van der Waals surface area contributed by atoms with E-state index in [9.17, 15) is 9.59 Å². The largest absolute Gasteiger partial charge is 0.481 e. The lowest BCUT2D eigenvalue weighted by Gasteiger charge is -2.27. The summed E-state index contributed by atoms with van der Waals surface area (Å²) in [5.74, 6) is -1.14. The first-order valence-corrected chi connectivity index (χ1v) is 7.77. The van der Waals surface area contributed by atoms with Crippen molar-refractivity contribution in [2.24, 2.45) is 5.92 Å². The maximum Gasteiger partial charge on any atom is 0.314 e. The van der Waals surface area contributed by atoms with Gasteiger partial charge in [0.05, 0.1) is 5.92 Å². The maximum absolute atomic E-state index is 11.5. The van der Waals surface area contributed by atoms with Gasteiger partial charge >= 0.3 is 12.0 Å². The van der Waals surface area contributed by atoms with Crippen molar-refractivity contribution in [2.75, 3.05) is 45.8 Å². The molecule has 0 spiro atoms. The van der Waals surface area contributed by atoms with Gasteiger partial charge < -0.3 is 26.0 Å². The van der Waals surface area contributed by atoms with E-state index in [1.165, 1.54) is 0 Å². The molecular weight excluding hydrogens is 272 g/mol. The van der Waals surface area contributed by atoms with E-state index in [1.807, 2.05) is 0 Å². The van der Waals surface area contributed by atoms with Crippen LogP contribution in [0.1, 0.15) is 26.2 Å². The minimum Gasteiger partial charge on any atom is -0.481 e. The fourth-order valence-corrected chi connectivity index (χ4v) is 2.24. The van der Waals surface area contributed by atoms with E-state index < -0.39 is 5.97 Å². The van der Waals surface area contributed by atoms with Crippen LogP contribution < -0.4 is 16.0 Å². The molecule has 0 aromatic heterocycles. The molecule has 4 N–H and O–H groups in total. The van der Waals surface area contributed by atoms with Crippen molar-refractivity contribution in [3.05, 3.63) is 0 Å². The highest BCUT2D eigenvalue weighted by molar-refractivity contribution is 5.73. The average Bonchev–Trinajstić information content (AvgIpc) is 2.49. The van der Waals surface area contributed by atoms with Crippen molar-refractivity contribution in [3.8, 4) is 0 Å². The lowest BCUT2D eigenvalue weighted by Crippen LogP contribution is -2.44. The number of aliphatic carboxylic acids is 1. The zero-order valence-corrected chi connectivity index (χ0v) is 12.9. The SMILES string of the molecule is CC(CCCNC(=O)NCCCN1CCNCC1)C(=O)O. The van der Waals surface area contributed by atoms with Gasteiger partial charge in [0.2, 0.25) is 0 Å². The fraction of sp³-hybridized carbons (Fsp3) is 0.857. The lowest BCUT2D eigenvalue weighted by atomic mass is 10.1. The zero-order valence-electron chi connectivity index (χ0n) is 12.9. The molecule has 0 aromatic carbocycles. The summed E-state index contributed by atoms with van der Waals surface area (Å²) in [7, 11) is 0. The first-order chi connectivity index (χ1) is 10.1. The second kappa shape index (κ2) is 10.4. The number of nitrogens with one attached hydrogen (secondary N) is 3. The molecular formula is C14H28N4O3. The van der Waals surface area contributed by atoms with Crippen molar-refractivity contribution >= 4 is 12.0 Å². The Morgan fingerprint density at radius 2 is 1.81 bits per heavy atom. The molecule has 1 aliphatic heterocycles. The van der Waals surface area contributed by atoms with Crippen LogP contribution in [0, 0.1) is 5.92 Å². The Morgan fingerprint density at radius 1 is 1.19 bits per heavy atom. The van der Waals surface area contributed by atoms with Crippen LogP contribution in [0.3, 0.4) is 0 Å². The van der Waals surface area contributed by atoms with Crippen molar-refractivity contribution in [2.45, 2.75) is 26.2 Å². The molecule has 7 nitrogen and oxygen atoms in total. The van der Waals surface area contributed by atoms with Crippen LogP contribution in [-0.4, -0.2) is 67.8 Å². The molecule has 0 aromatic rings. The van der Waals surface area contributed by atoms with Crippen LogP contribution in [0.2, 0.25) is 0 Å². The first-order valence-electron chi connectivity index (χ1n) is 7.77. The molecule has 1 unspecified atom stereocenters. The Morgan fingerprint density at radius 3 is 2.43 bits per heavy atom. The van der Waals surface area contributed by atoms with Crippen LogP contribution in [0.5, 0.6) is 0 Å². The Hall–Kier alpha value is -1.34. The number of carbonyl (C=O) groups excluding carboxylic acids is 1. The summed E-state index contributed by atoms with van der Waals surface area (Å²) in [6, 6.07) is -0.168. The van der Waals surface area contributed by atoms with Crippen molar-refractivity contribution in [1.82, 2.24) is 20.9 Å². The molecule has 0 aliphatic carbocycles. The van der Waals surface area contributed by atoms with Gasteiger partial charge in [-0.25, -0.2) is 4.79 Å². The number of hydrogen-bond donors (Lipinski definition) is 4. The highest BCUT2D eigenvalue weighted by Crippen LogP contribution is 2.03. The summed E-state index contributed by atoms with van der Waals surface area (Å²) in [5.41, 5.74) is 0. The molecule has 1 heterocycles. The van der Waals surface area contributed by atoms with E-state index in [4.69, 9.17) is 5.11 Å². The predicted molar refractivity (Wildman–Crippen MR) is 81.4 cm³/mol. The Labute approximate surface area is 126 Å². The smallest absolute Gasteiger partial charge is 0.314 e. The molecule has 122 valence electrons. The molecule has 1 aliphatic rings. The molecule has 1 fully saturated rings. The molecule has 0 saturated carbocycles. The third-order valence-electron chi connectivity index (χ3n) is 3.67. The van der Waals surface area contributed by atoms with Crippen LogP contribution in [-0.2, 0) is 4.79 Å². The summed E-state index contributed by atoms with van der Waals surface area (Å²) in [4.78, 5) is 24.5. The quantitative estimate of drug-likeness (QED) is 0.453. The van der Waals surface area contributed by atoms with Gasteiger partial charge in [-0.3, -0.25) is 4.79 Å². The number of carbonyl (C=O) groups is 2. The molecule has 1 rings (SSSR count). The van der Waals surface area contributed by atoms with Crippen LogP contribution in [0.4, 0.5) is 4.79 Å². The van der Waals surface area contributed by atoms with Crippen molar-refractivity contribution < 1.29 is 14.7 Å². The van der Waals surface area contributed by atoms with Gasteiger partial charge in [0.1, 0.15) is 0 Å². The number of carboxylic acids is 1. The topological polar surface area (TPSA) is 93.7 Å². The van der Waals surface area contributed by atoms with Crippen LogP contribution in [0.25, 0.3) is 0 Å². The third-order valence-corrected chi connectivity index (χ3v) is 3.67. The number of urea groups is 1. The average molecular weight is 300 g/mol. The van der Waals surface area contributed by atoms with Gasteiger partial charge in [-0.1, -0.05) is 6.92 Å². The highest BCUT2D eigenvalue weighted by atomic mass is 16.4. The van der Waals surface area contributed by atoms with E-state index in [0.717, 1.165) is 39.1 Å². The molecule has 0 bridgehead atoms. The van der Waals surface area contributed by atoms with Gasteiger partial charge in [-0.05, 0) is 25.8 Å². The number of carboxylic acid groups (broad SMARTS) is 1. The Bertz CT molecular complexity index is 319. The van der Waals surface area contributed by atoms with Gasteiger partial charge in [-0.2, -0.15) is 0 Å². The minimum atomic E-state index is -0.785. The highest BCUT2D eigenvalue weighted by Gasteiger charge is 2.10. The number of rotatable bonds is 9.